The highest BCUT2D eigenvalue weighted by molar-refractivity contribution is 9.10. The maximum absolute atomic E-state index is 5.48. The summed E-state index contributed by atoms with van der Waals surface area (Å²) in [6.07, 6.45) is 7.60. The van der Waals surface area contributed by atoms with Crippen LogP contribution in [0.5, 0.6) is 11.5 Å². The first-order chi connectivity index (χ1) is 9.63. The van der Waals surface area contributed by atoms with Crippen LogP contribution in [0.3, 0.4) is 0 Å². The molecule has 0 aromatic heterocycles. The molecule has 0 aliphatic carbocycles. The van der Waals surface area contributed by atoms with Gasteiger partial charge in [-0.05, 0) is 34.5 Å². The van der Waals surface area contributed by atoms with Gasteiger partial charge in [-0.15, -0.1) is 0 Å². The number of hydrogen-bond donors (Lipinski definition) is 0. The molecule has 0 radical (unpaired) electrons. The summed E-state index contributed by atoms with van der Waals surface area (Å²) in [6.45, 7) is 2.24. The number of alkyl halides is 1. The van der Waals surface area contributed by atoms with E-state index in [1.165, 1.54) is 32.1 Å². The molecule has 114 valence electrons. The third kappa shape index (κ3) is 5.28. The summed E-state index contributed by atoms with van der Waals surface area (Å²) in [5.41, 5.74) is 1.16. The van der Waals surface area contributed by atoms with Crippen LogP contribution in [0.15, 0.2) is 16.6 Å². The van der Waals surface area contributed by atoms with Crippen molar-refractivity contribution in [2.24, 2.45) is 0 Å². The van der Waals surface area contributed by atoms with E-state index in [9.17, 15) is 0 Å². The van der Waals surface area contributed by atoms with Crippen LogP contribution < -0.4 is 9.47 Å². The molecular weight excluding hydrogens is 384 g/mol. The van der Waals surface area contributed by atoms with Gasteiger partial charge in [0.1, 0.15) is 11.5 Å². The minimum atomic E-state index is 0.307. The Kier molecular flexibility index (Phi) is 8.62. The third-order valence-electron chi connectivity index (χ3n) is 3.40. The van der Waals surface area contributed by atoms with E-state index in [0.29, 0.717) is 4.83 Å². The van der Waals surface area contributed by atoms with E-state index in [1.54, 1.807) is 14.2 Å². The van der Waals surface area contributed by atoms with Gasteiger partial charge in [0.2, 0.25) is 0 Å². The molecule has 2 nitrogen and oxygen atoms in total. The summed E-state index contributed by atoms with van der Waals surface area (Å²) in [7, 11) is 3.39. The van der Waals surface area contributed by atoms with E-state index in [0.717, 1.165) is 28.0 Å². The molecule has 0 N–H and O–H groups in total. The molecule has 0 saturated carbocycles. The Morgan fingerprint density at radius 1 is 1.00 bits per heavy atom. The zero-order chi connectivity index (χ0) is 15.0. The molecule has 1 atom stereocenters. The fourth-order valence-electron chi connectivity index (χ4n) is 2.21. The van der Waals surface area contributed by atoms with Crippen molar-refractivity contribution in [1.82, 2.24) is 0 Å². The normalized spacial score (nSPS) is 12.2. The lowest BCUT2D eigenvalue weighted by Crippen LogP contribution is -1.98. The monoisotopic (exact) mass is 406 g/mol. The van der Waals surface area contributed by atoms with Crippen molar-refractivity contribution in [3.63, 3.8) is 0 Å². The Morgan fingerprint density at radius 3 is 2.25 bits per heavy atom. The minimum absolute atomic E-state index is 0.307. The first-order valence-electron chi connectivity index (χ1n) is 7.19. The maximum atomic E-state index is 5.48. The van der Waals surface area contributed by atoms with Crippen molar-refractivity contribution in [2.45, 2.75) is 50.3 Å². The molecule has 0 heterocycles. The van der Waals surface area contributed by atoms with Crippen molar-refractivity contribution in [1.29, 1.82) is 0 Å². The molecule has 1 unspecified atom stereocenters. The Morgan fingerprint density at radius 2 is 1.65 bits per heavy atom. The average Bonchev–Trinajstić information content (AvgIpc) is 2.46. The number of methoxy groups -OCH3 is 2. The van der Waals surface area contributed by atoms with Gasteiger partial charge in [-0.25, -0.2) is 0 Å². The average molecular weight is 408 g/mol. The van der Waals surface area contributed by atoms with E-state index in [-0.39, 0.29) is 0 Å². The maximum Gasteiger partial charge on any atom is 0.133 e. The second-order valence-corrected chi connectivity index (χ2v) is 6.86. The Labute approximate surface area is 139 Å². The largest absolute Gasteiger partial charge is 0.496 e. The highest BCUT2D eigenvalue weighted by atomic mass is 79.9. The molecule has 0 aliphatic heterocycles. The molecule has 0 spiro atoms. The van der Waals surface area contributed by atoms with Crippen LogP contribution in [0, 0.1) is 0 Å². The highest BCUT2D eigenvalue weighted by Gasteiger charge is 2.16. The molecule has 0 amide bonds. The van der Waals surface area contributed by atoms with Crippen molar-refractivity contribution >= 4 is 31.9 Å². The number of ether oxygens (including phenoxy) is 2. The topological polar surface area (TPSA) is 18.5 Å². The van der Waals surface area contributed by atoms with Gasteiger partial charge in [0.05, 0.1) is 18.7 Å². The van der Waals surface area contributed by atoms with Crippen LogP contribution in [0.4, 0.5) is 0 Å². The molecule has 0 fully saturated rings. The molecular formula is C16H24Br2O2. The lowest BCUT2D eigenvalue weighted by Gasteiger charge is -2.16. The van der Waals surface area contributed by atoms with E-state index in [1.807, 2.05) is 12.1 Å². The summed E-state index contributed by atoms with van der Waals surface area (Å²) in [6, 6.07) is 4.02. The summed E-state index contributed by atoms with van der Waals surface area (Å²) in [5, 5.41) is 0. The standard InChI is InChI=1S/C16H24Br2O2/c1-4-5-6-7-8-9-13(17)12-10-16(20-3)14(18)11-15(12)19-2/h10-11,13H,4-9H2,1-3H3. The molecule has 1 rings (SSSR count). The number of benzene rings is 1. The van der Waals surface area contributed by atoms with Crippen molar-refractivity contribution < 1.29 is 9.47 Å². The Hall–Kier alpha value is -0.220. The molecule has 20 heavy (non-hydrogen) atoms. The van der Waals surface area contributed by atoms with E-state index < -0.39 is 0 Å². The predicted octanol–water partition coefficient (Wildman–Crippen LogP) is 6.26. The Balaban J connectivity index is 2.68. The SMILES string of the molecule is CCCCCCCC(Br)c1cc(OC)c(Br)cc1OC. The molecule has 0 saturated heterocycles. The van der Waals surface area contributed by atoms with Crippen LogP contribution in [0.25, 0.3) is 0 Å². The lowest BCUT2D eigenvalue weighted by molar-refractivity contribution is 0.395. The quantitative estimate of drug-likeness (QED) is 0.355. The molecule has 0 aliphatic rings. The highest BCUT2D eigenvalue weighted by Crippen LogP contribution is 2.40. The number of rotatable bonds is 9. The summed E-state index contributed by atoms with van der Waals surface area (Å²) >= 11 is 7.28. The first kappa shape index (κ1) is 17.8. The zero-order valence-electron chi connectivity index (χ0n) is 12.5. The fourth-order valence-corrected chi connectivity index (χ4v) is 3.38. The van der Waals surface area contributed by atoms with Gasteiger partial charge < -0.3 is 9.47 Å². The fraction of sp³-hybridized carbons (Fsp3) is 0.625. The number of hydrogen-bond acceptors (Lipinski definition) is 2. The van der Waals surface area contributed by atoms with Crippen LogP contribution in [-0.4, -0.2) is 14.2 Å². The zero-order valence-corrected chi connectivity index (χ0v) is 15.7. The predicted molar refractivity (Wildman–Crippen MR) is 92.3 cm³/mol. The molecule has 1 aromatic carbocycles. The molecule has 4 heteroatoms. The smallest absolute Gasteiger partial charge is 0.133 e. The van der Waals surface area contributed by atoms with Gasteiger partial charge in [-0.2, -0.15) is 0 Å². The van der Waals surface area contributed by atoms with Gasteiger partial charge in [-0.1, -0.05) is 55.0 Å². The van der Waals surface area contributed by atoms with E-state index in [4.69, 9.17) is 9.47 Å². The summed E-state index contributed by atoms with van der Waals surface area (Å²) in [4.78, 5) is 0.307. The lowest BCUT2D eigenvalue weighted by atomic mass is 10.0. The van der Waals surface area contributed by atoms with Gasteiger partial charge in [0.15, 0.2) is 0 Å². The van der Waals surface area contributed by atoms with Gasteiger partial charge in [0.25, 0.3) is 0 Å². The van der Waals surface area contributed by atoms with E-state index >= 15 is 0 Å². The van der Waals surface area contributed by atoms with Gasteiger partial charge in [0, 0.05) is 10.4 Å². The number of unbranched alkanes of at least 4 members (excludes halogenated alkanes) is 4. The van der Waals surface area contributed by atoms with Crippen LogP contribution in [0.1, 0.15) is 55.8 Å². The second kappa shape index (κ2) is 9.67. The van der Waals surface area contributed by atoms with Crippen LogP contribution >= 0.6 is 31.9 Å². The van der Waals surface area contributed by atoms with Gasteiger partial charge >= 0.3 is 0 Å². The van der Waals surface area contributed by atoms with Crippen molar-refractivity contribution in [2.75, 3.05) is 14.2 Å². The van der Waals surface area contributed by atoms with Gasteiger partial charge in [-0.3, -0.25) is 0 Å². The summed E-state index contributed by atoms with van der Waals surface area (Å²) < 4.78 is 11.8. The summed E-state index contributed by atoms with van der Waals surface area (Å²) in [5.74, 6) is 1.74. The third-order valence-corrected chi connectivity index (χ3v) is 4.97. The number of halogens is 2. The second-order valence-electron chi connectivity index (χ2n) is 4.90. The minimum Gasteiger partial charge on any atom is -0.496 e. The molecule has 1 aromatic rings. The van der Waals surface area contributed by atoms with Crippen LogP contribution in [0.2, 0.25) is 0 Å². The van der Waals surface area contributed by atoms with Crippen molar-refractivity contribution in [3.05, 3.63) is 22.2 Å². The van der Waals surface area contributed by atoms with E-state index in [2.05, 4.69) is 38.8 Å². The first-order valence-corrected chi connectivity index (χ1v) is 8.90. The Bertz CT molecular complexity index is 408. The molecule has 0 bridgehead atoms. The van der Waals surface area contributed by atoms with Crippen LogP contribution in [-0.2, 0) is 0 Å². The van der Waals surface area contributed by atoms with Crippen molar-refractivity contribution in [3.8, 4) is 11.5 Å².